The molecular formula is C16H18BrN3O. The highest BCUT2D eigenvalue weighted by molar-refractivity contribution is 9.10. The molecule has 1 aromatic heterocycles. The number of methoxy groups -OCH3 is 1. The zero-order valence-electron chi connectivity index (χ0n) is 12.0. The molecule has 1 saturated carbocycles. The summed E-state index contributed by atoms with van der Waals surface area (Å²) in [6.45, 7) is 0. The maximum absolute atomic E-state index is 5.97. The topological polar surface area (TPSA) is 61.0 Å². The fraction of sp³-hybridized carbons (Fsp3) is 0.375. The standard InChI is InChI=1S/C16H18BrN3O/c1-21-14-7-6-11(8-12(14)17)16-19-13(9-15(18)20-16)10-4-2-3-5-10/h6-10H,2-5H2,1H3,(H2,18,19,20). The van der Waals surface area contributed by atoms with E-state index in [0.29, 0.717) is 17.6 Å². The van der Waals surface area contributed by atoms with Crippen molar-refractivity contribution in [2.75, 3.05) is 12.8 Å². The number of hydrogen-bond acceptors (Lipinski definition) is 4. The van der Waals surface area contributed by atoms with Gasteiger partial charge >= 0.3 is 0 Å². The van der Waals surface area contributed by atoms with Crippen LogP contribution in [0.25, 0.3) is 11.4 Å². The van der Waals surface area contributed by atoms with Crippen molar-refractivity contribution in [1.29, 1.82) is 0 Å². The Morgan fingerprint density at radius 2 is 1.95 bits per heavy atom. The molecule has 1 fully saturated rings. The molecule has 1 aromatic carbocycles. The summed E-state index contributed by atoms with van der Waals surface area (Å²) in [6.07, 6.45) is 4.94. The van der Waals surface area contributed by atoms with E-state index in [4.69, 9.17) is 15.5 Å². The van der Waals surface area contributed by atoms with Crippen LogP contribution < -0.4 is 10.5 Å². The predicted octanol–water partition coefficient (Wildman–Crippen LogP) is 4.15. The molecule has 0 spiro atoms. The number of hydrogen-bond donors (Lipinski definition) is 1. The molecule has 0 radical (unpaired) electrons. The highest BCUT2D eigenvalue weighted by atomic mass is 79.9. The minimum Gasteiger partial charge on any atom is -0.496 e. The summed E-state index contributed by atoms with van der Waals surface area (Å²) in [4.78, 5) is 9.11. The van der Waals surface area contributed by atoms with Gasteiger partial charge in [0.05, 0.1) is 11.6 Å². The van der Waals surface area contributed by atoms with Crippen LogP contribution in [0, 0.1) is 0 Å². The molecule has 110 valence electrons. The lowest BCUT2D eigenvalue weighted by Gasteiger charge is -2.12. The first-order valence-corrected chi connectivity index (χ1v) is 7.95. The van der Waals surface area contributed by atoms with E-state index in [-0.39, 0.29) is 0 Å². The van der Waals surface area contributed by atoms with E-state index in [2.05, 4.69) is 20.9 Å². The Bertz CT molecular complexity index is 654. The first kappa shape index (κ1) is 14.3. The molecule has 1 aliphatic carbocycles. The number of nitrogen functional groups attached to an aromatic ring is 1. The molecule has 3 rings (SSSR count). The van der Waals surface area contributed by atoms with E-state index in [1.54, 1.807) is 7.11 Å². The van der Waals surface area contributed by atoms with Gasteiger partial charge in [0.1, 0.15) is 11.6 Å². The molecule has 4 nitrogen and oxygen atoms in total. The third-order valence-corrected chi connectivity index (χ3v) is 4.57. The molecule has 1 aliphatic rings. The van der Waals surface area contributed by atoms with E-state index in [9.17, 15) is 0 Å². The lowest BCUT2D eigenvalue weighted by molar-refractivity contribution is 0.412. The summed E-state index contributed by atoms with van der Waals surface area (Å²) < 4.78 is 6.14. The van der Waals surface area contributed by atoms with Crippen LogP contribution in [0.3, 0.4) is 0 Å². The average Bonchev–Trinajstić information content (AvgIpc) is 3.01. The number of ether oxygens (including phenoxy) is 1. The van der Waals surface area contributed by atoms with Crippen LogP contribution in [0.1, 0.15) is 37.3 Å². The lowest BCUT2D eigenvalue weighted by Crippen LogP contribution is -2.03. The van der Waals surface area contributed by atoms with E-state index in [1.807, 2.05) is 24.3 Å². The number of halogens is 1. The first-order chi connectivity index (χ1) is 10.2. The molecule has 0 atom stereocenters. The summed E-state index contributed by atoms with van der Waals surface area (Å²) in [5.41, 5.74) is 7.98. The molecule has 2 N–H and O–H groups in total. The van der Waals surface area contributed by atoms with Crippen molar-refractivity contribution in [3.63, 3.8) is 0 Å². The van der Waals surface area contributed by atoms with Gasteiger partial charge in [0.15, 0.2) is 5.82 Å². The van der Waals surface area contributed by atoms with E-state index < -0.39 is 0 Å². The van der Waals surface area contributed by atoms with E-state index in [1.165, 1.54) is 25.7 Å². The van der Waals surface area contributed by atoms with Crippen LogP contribution in [0.4, 0.5) is 5.82 Å². The fourth-order valence-electron chi connectivity index (χ4n) is 2.85. The van der Waals surface area contributed by atoms with Crippen molar-refractivity contribution >= 4 is 21.7 Å². The summed E-state index contributed by atoms with van der Waals surface area (Å²) in [5.74, 6) is 2.53. The zero-order valence-corrected chi connectivity index (χ0v) is 13.6. The minimum atomic E-state index is 0.524. The van der Waals surface area contributed by atoms with Crippen LogP contribution in [-0.2, 0) is 0 Å². The van der Waals surface area contributed by atoms with Gasteiger partial charge in [-0.25, -0.2) is 9.97 Å². The highest BCUT2D eigenvalue weighted by Crippen LogP contribution is 2.35. The van der Waals surface area contributed by atoms with E-state index in [0.717, 1.165) is 21.5 Å². The van der Waals surface area contributed by atoms with Gasteiger partial charge in [-0.1, -0.05) is 12.8 Å². The summed E-state index contributed by atoms with van der Waals surface area (Å²) in [6, 6.07) is 7.74. The Kier molecular flexibility index (Phi) is 4.10. The number of aromatic nitrogens is 2. The molecule has 0 bridgehead atoms. The molecule has 5 heteroatoms. The molecule has 0 unspecified atom stereocenters. The monoisotopic (exact) mass is 347 g/mol. The highest BCUT2D eigenvalue weighted by Gasteiger charge is 2.20. The van der Waals surface area contributed by atoms with Crippen LogP contribution >= 0.6 is 15.9 Å². The van der Waals surface area contributed by atoms with Gasteiger partial charge in [0.2, 0.25) is 0 Å². The van der Waals surface area contributed by atoms with Crippen LogP contribution in [0.15, 0.2) is 28.7 Å². The Morgan fingerprint density at radius 3 is 2.62 bits per heavy atom. The predicted molar refractivity (Wildman–Crippen MR) is 87.3 cm³/mol. The Hall–Kier alpha value is -1.62. The third-order valence-electron chi connectivity index (χ3n) is 3.95. The first-order valence-electron chi connectivity index (χ1n) is 7.16. The van der Waals surface area contributed by atoms with Gasteiger partial charge < -0.3 is 10.5 Å². The van der Waals surface area contributed by atoms with Crippen molar-refractivity contribution in [3.8, 4) is 17.1 Å². The largest absolute Gasteiger partial charge is 0.496 e. The smallest absolute Gasteiger partial charge is 0.161 e. The fourth-order valence-corrected chi connectivity index (χ4v) is 3.39. The van der Waals surface area contributed by atoms with Crippen molar-refractivity contribution in [1.82, 2.24) is 9.97 Å². The van der Waals surface area contributed by atoms with Gasteiger partial charge in [-0.2, -0.15) is 0 Å². The summed E-state index contributed by atoms with van der Waals surface area (Å²) >= 11 is 3.50. The van der Waals surface area contributed by atoms with Gasteiger partial charge in [-0.15, -0.1) is 0 Å². The SMILES string of the molecule is COc1ccc(-c2nc(N)cc(C3CCCC3)n2)cc1Br. The number of nitrogens with zero attached hydrogens (tertiary/aromatic N) is 2. The maximum atomic E-state index is 5.97. The quantitative estimate of drug-likeness (QED) is 0.905. The van der Waals surface area contributed by atoms with Crippen LogP contribution in [0.5, 0.6) is 5.75 Å². The molecule has 0 amide bonds. The van der Waals surface area contributed by atoms with E-state index >= 15 is 0 Å². The molecule has 1 heterocycles. The lowest BCUT2D eigenvalue weighted by atomic mass is 10.0. The Balaban J connectivity index is 1.99. The Labute approximate surface area is 132 Å². The molecule has 2 aromatic rings. The van der Waals surface area contributed by atoms with Crippen molar-refractivity contribution in [2.24, 2.45) is 0 Å². The summed E-state index contributed by atoms with van der Waals surface area (Å²) in [5, 5.41) is 0. The maximum Gasteiger partial charge on any atom is 0.161 e. The van der Waals surface area contributed by atoms with Crippen LogP contribution in [0.2, 0.25) is 0 Å². The van der Waals surface area contributed by atoms with Crippen LogP contribution in [-0.4, -0.2) is 17.1 Å². The Morgan fingerprint density at radius 1 is 1.19 bits per heavy atom. The van der Waals surface area contributed by atoms with Crippen molar-refractivity contribution in [2.45, 2.75) is 31.6 Å². The number of benzene rings is 1. The van der Waals surface area contributed by atoms with Gasteiger partial charge in [-0.3, -0.25) is 0 Å². The molecule has 21 heavy (non-hydrogen) atoms. The third kappa shape index (κ3) is 3.02. The van der Waals surface area contributed by atoms with Gasteiger partial charge in [0, 0.05) is 23.2 Å². The number of nitrogens with two attached hydrogens (primary N) is 1. The van der Waals surface area contributed by atoms with Gasteiger partial charge in [0.25, 0.3) is 0 Å². The summed E-state index contributed by atoms with van der Waals surface area (Å²) in [7, 11) is 1.65. The number of anilines is 1. The second kappa shape index (κ2) is 6.02. The van der Waals surface area contributed by atoms with Gasteiger partial charge in [-0.05, 0) is 47.0 Å². The minimum absolute atomic E-state index is 0.524. The van der Waals surface area contributed by atoms with Crippen molar-refractivity contribution in [3.05, 3.63) is 34.4 Å². The average molecular weight is 348 g/mol. The second-order valence-corrected chi connectivity index (χ2v) is 6.23. The second-order valence-electron chi connectivity index (χ2n) is 5.37. The normalized spacial score (nSPS) is 15.3. The molecule has 0 saturated heterocycles. The molecule has 0 aliphatic heterocycles. The number of rotatable bonds is 3. The molecular weight excluding hydrogens is 330 g/mol. The van der Waals surface area contributed by atoms with Crippen molar-refractivity contribution < 1.29 is 4.74 Å². The zero-order chi connectivity index (χ0) is 14.8.